The summed E-state index contributed by atoms with van der Waals surface area (Å²) in [6.45, 7) is 18.7. The minimum Gasteiger partial charge on any atom is -0.383 e. The fraction of sp³-hybridized carbons (Fsp3) is 0.750. The molecule has 1 aliphatic heterocycles. The van der Waals surface area contributed by atoms with Crippen LogP contribution in [0.4, 0.5) is 11.4 Å². The average Bonchev–Trinajstić information content (AvgIpc) is 2.45. The van der Waals surface area contributed by atoms with E-state index in [0.717, 1.165) is 11.8 Å². The van der Waals surface area contributed by atoms with Crippen molar-refractivity contribution in [3.8, 4) is 0 Å². The maximum Gasteiger partial charge on any atom is 0.0381 e. The molecular formula is C24H42N2. The van der Waals surface area contributed by atoms with Crippen molar-refractivity contribution in [3.05, 3.63) is 23.8 Å². The van der Waals surface area contributed by atoms with Crippen LogP contribution >= 0.6 is 0 Å². The second kappa shape index (κ2) is 8.67. The zero-order chi connectivity index (χ0) is 19.5. The smallest absolute Gasteiger partial charge is 0.0381 e. The highest BCUT2D eigenvalue weighted by Gasteiger charge is 2.35. The van der Waals surface area contributed by atoms with E-state index in [-0.39, 0.29) is 5.54 Å². The van der Waals surface area contributed by atoms with Crippen LogP contribution < -0.4 is 10.6 Å². The molecule has 1 heterocycles. The minimum absolute atomic E-state index is 0.209. The molecule has 3 unspecified atom stereocenters. The van der Waals surface area contributed by atoms with Gasteiger partial charge < -0.3 is 10.6 Å². The minimum atomic E-state index is 0.209. The van der Waals surface area contributed by atoms with Crippen molar-refractivity contribution in [3.63, 3.8) is 0 Å². The van der Waals surface area contributed by atoms with Crippen molar-refractivity contribution in [2.75, 3.05) is 10.6 Å². The predicted molar refractivity (Wildman–Crippen MR) is 117 cm³/mol. The predicted octanol–water partition coefficient (Wildman–Crippen LogP) is 7.28. The molecule has 0 saturated carbocycles. The van der Waals surface area contributed by atoms with E-state index in [2.05, 4.69) is 84.2 Å². The number of hydrogen-bond acceptors (Lipinski definition) is 2. The SMILES string of the molecule is CC(C)CC(C)Nc1ccc2c(c1)C(CC(C)C)CC(C)(CC(C)C)N2. The molecule has 26 heavy (non-hydrogen) atoms. The molecule has 1 aliphatic rings. The van der Waals surface area contributed by atoms with Crippen molar-refractivity contribution in [1.82, 2.24) is 0 Å². The fourth-order valence-corrected chi connectivity index (χ4v) is 5.00. The second-order valence-electron chi connectivity index (χ2n) is 10.3. The maximum atomic E-state index is 3.89. The molecule has 2 N–H and O–H groups in total. The number of rotatable bonds is 8. The van der Waals surface area contributed by atoms with E-state index in [1.54, 1.807) is 0 Å². The van der Waals surface area contributed by atoms with Crippen molar-refractivity contribution in [2.45, 2.75) is 98.6 Å². The van der Waals surface area contributed by atoms with Crippen molar-refractivity contribution in [2.24, 2.45) is 17.8 Å². The van der Waals surface area contributed by atoms with Crippen molar-refractivity contribution >= 4 is 11.4 Å². The summed E-state index contributed by atoms with van der Waals surface area (Å²) in [4.78, 5) is 0. The van der Waals surface area contributed by atoms with Gasteiger partial charge in [-0.1, -0.05) is 41.5 Å². The standard InChI is InChI=1S/C24H42N2/c1-16(2)11-19(7)25-21-9-10-23-22(13-21)20(12-17(3)4)15-24(8,26-23)14-18(5)6/h9-10,13,16-20,25-26H,11-12,14-15H2,1-8H3. The Balaban J connectivity index is 2.26. The first-order valence-electron chi connectivity index (χ1n) is 10.8. The lowest BCUT2D eigenvalue weighted by Crippen LogP contribution is -2.41. The van der Waals surface area contributed by atoms with Gasteiger partial charge in [-0.25, -0.2) is 0 Å². The largest absolute Gasteiger partial charge is 0.383 e. The number of nitrogens with one attached hydrogen (secondary N) is 2. The summed E-state index contributed by atoms with van der Waals surface area (Å²) in [6.07, 6.45) is 4.94. The lowest BCUT2D eigenvalue weighted by Gasteiger charge is -2.43. The van der Waals surface area contributed by atoms with E-state index in [1.807, 2.05) is 0 Å². The van der Waals surface area contributed by atoms with Crippen molar-refractivity contribution < 1.29 is 0 Å². The Hall–Kier alpha value is -1.18. The first-order valence-corrected chi connectivity index (χ1v) is 10.8. The zero-order valence-electron chi connectivity index (χ0n) is 18.4. The molecule has 0 bridgehead atoms. The molecule has 148 valence electrons. The summed E-state index contributed by atoms with van der Waals surface area (Å²) in [5.41, 5.74) is 4.36. The Morgan fingerprint density at radius 2 is 1.73 bits per heavy atom. The molecular weight excluding hydrogens is 316 g/mol. The fourth-order valence-electron chi connectivity index (χ4n) is 5.00. The molecule has 2 rings (SSSR count). The van der Waals surface area contributed by atoms with Crippen LogP contribution in [-0.4, -0.2) is 11.6 Å². The molecule has 3 atom stereocenters. The lowest BCUT2D eigenvalue weighted by atomic mass is 9.73. The van der Waals surface area contributed by atoms with Gasteiger partial charge in [-0.15, -0.1) is 0 Å². The van der Waals surface area contributed by atoms with E-state index < -0.39 is 0 Å². The zero-order valence-corrected chi connectivity index (χ0v) is 18.4. The third-order valence-electron chi connectivity index (χ3n) is 5.48. The Bertz CT molecular complexity index is 576. The number of benzene rings is 1. The molecule has 0 aromatic heterocycles. The van der Waals surface area contributed by atoms with Gasteiger partial charge in [-0.05, 0) is 87.0 Å². The highest BCUT2D eigenvalue weighted by molar-refractivity contribution is 5.64. The summed E-state index contributed by atoms with van der Waals surface area (Å²) in [7, 11) is 0. The van der Waals surface area contributed by atoms with Crippen LogP contribution in [0.5, 0.6) is 0 Å². The van der Waals surface area contributed by atoms with E-state index in [0.29, 0.717) is 17.9 Å². The van der Waals surface area contributed by atoms with Crippen LogP contribution in [0.2, 0.25) is 0 Å². The van der Waals surface area contributed by atoms with Crippen LogP contribution in [0.1, 0.15) is 92.6 Å². The first-order chi connectivity index (χ1) is 12.1. The van der Waals surface area contributed by atoms with E-state index >= 15 is 0 Å². The van der Waals surface area contributed by atoms with Gasteiger partial charge >= 0.3 is 0 Å². The molecule has 2 nitrogen and oxygen atoms in total. The molecule has 0 saturated heterocycles. The molecule has 2 heteroatoms. The van der Waals surface area contributed by atoms with Crippen LogP contribution in [0.25, 0.3) is 0 Å². The van der Waals surface area contributed by atoms with Crippen molar-refractivity contribution in [1.29, 1.82) is 0 Å². The van der Waals surface area contributed by atoms with Crippen LogP contribution in [0, 0.1) is 17.8 Å². The summed E-state index contributed by atoms with van der Waals surface area (Å²) in [6, 6.07) is 7.50. The molecule has 0 amide bonds. The quantitative estimate of drug-likeness (QED) is 0.510. The number of anilines is 2. The van der Waals surface area contributed by atoms with Gasteiger partial charge in [0.1, 0.15) is 0 Å². The first kappa shape index (κ1) is 21.1. The molecule has 0 aliphatic carbocycles. The third kappa shape index (κ3) is 5.93. The van der Waals surface area contributed by atoms with Crippen LogP contribution in [0.3, 0.4) is 0 Å². The molecule has 0 fully saturated rings. The van der Waals surface area contributed by atoms with Gasteiger partial charge in [-0.2, -0.15) is 0 Å². The second-order valence-corrected chi connectivity index (χ2v) is 10.3. The van der Waals surface area contributed by atoms with E-state index in [4.69, 9.17) is 0 Å². The summed E-state index contributed by atoms with van der Waals surface area (Å²) < 4.78 is 0. The third-order valence-corrected chi connectivity index (χ3v) is 5.48. The number of fused-ring (bicyclic) bond motifs is 1. The molecule has 0 spiro atoms. The Morgan fingerprint density at radius 1 is 1.04 bits per heavy atom. The van der Waals surface area contributed by atoms with Crippen LogP contribution in [-0.2, 0) is 0 Å². The topological polar surface area (TPSA) is 24.1 Å². The van der Waals surface area contributed by atoms with Gasteiger partial charge in [-0.3, -0.25) is 0 Å². The van der Waals surface area contributed by atoms with Gasteiger partial charge in [0, 0.05) is 23.0 Å². The maximum absolute atomic E-state index is 3.89. The van der Waals surface area contributed by atoms with Gasteiger partial charge in [0.05, 0.1) is 0 Å². The highest BCUT2D eigenvalue weighted by atomic mass is 15.0. The van der Waals surface area contributed by atoms with Gasteiger partial charge in [0.15, 0.2) is 0 Å². The highest BCUT2D eigenvalue weighted by Crippen LogP contribution is 2.45. The average molecular weight is 359 g/mol. The number of hydrogen-bond donors (Lipinski definition) is 2. The molecule has 1 aromatic carbocycles. The summed E-state index contributed by atoms with van der Waals surface area (Å²) in [5, 5.41) is 7.62. The van der Waals surface area contributed by atoms with Gasteiger partial charge in [0.25, 0.3) is 0 Å². The van der Waals surface area contributed by atoms with Gasteiger partial charge in [0.2, 0.25) is 0 Å². The Labute approximate surface area is 162 Å². The van der Waals surface area contributed by atoms with E-state index in [9.17, 15) is 0 Å². The van der Waals surface area contributed by atoms with Crippen LogP contribution in [0.15, 0.2) is 18.2 Å². The Morgan fingerprint density at radius 3 is 2.31 bits per heavy atom. The lowest BCUT2D eigenvalue weighted by molar-refractivity contribution is 0.317. The van der Waals surface area contributed by atoms with E-state index in [1.165, 1.54) is 42.6 Å². The molecule has 0 radical (unpaired) electrons. The molecule has 1 aromatic rings. The monoisotopic (exact) mass is 358 g/mol. The Kier molecular flexibility index (Phi) is 7.05. The summed E-state index contributed by atoms with van der Waals surface area (Å²) >= 11 is 0. The summed E-state index contributed by atoms with van der Waals surface area (Å²) in [5.74, 6) is 2.82. The normalized spacial score (nSPS) is 23.9.